The molecule has 3 unspecified atom stereocenters. The van der Waals surface area contributed by atoms with E-state index in [2.05, 4.69) is 19.1 Å². The van der Waals surface area contributed by atoms with Gasteiger partial charge < -0.3 is 19.8 Å². The molecule has 7 heteroatoms. The van der Waals surface area contributed by atoms with Gasteiger partial charge in [-0.1, -0.05) is 110 Å². The van der Waals surface area contributed by atoms with Crippen molar-refractivity contribution in [2.75, 3.05) is 26.2 Å². The quantitative estimate of drug-likeness (QED) is 0.0463. The van der Waals surface area contributed by atoms with Crippen LogP contribution in [-0.4, -0.2) is 63.9 Å². The Kier molecular flexibility index (Phi) is 23.5. The van der Waals surface area contributed by atoms with Crippen molar-refractivity contribution in [3.63, 3.8) is 0 Å². The molecule has 0 fully saturated rings. The summed E-state index contributed by atoms with van der Waals surface area (Å²) >= 11 is 0. The number of aliphatic carboxylic acids is 3. The minimum Gasteiger partial charge on any atom is -0.481 e. The summed E-state index contributed by atoms with van der Waals surface area (Å²) in [6, 6.07) is 0. The molecule has 0 rings (SSSR count). The Morgan fingerprint density at radius 3 is 1.15 bits per heavy atom. The van der Waals surface area contributed by atoms with Crippen molar-refractivity contribution in [2.45, 2.75) is 143 Å². The summed E-state index contributed by atoms with van der Waals surface area (Å²) in [6.07, 6.45) is 24.4. The molecule has 0 saturated heterocycles. The normalized spacial score (nSPS) is 15.4. The molecule has 0 aromatic heterocycles. The van der Waals surface area contributed by atoms with Gasteiger partial charge in [-0.15, -0.1) is 0 Å². The van der Waals surface area contributed by atoms with Gasteiger partial charge in [0.1, 0.15) is 17.8 Å². The van der Waals surface area contributed by atoms with Crippen LogP contribution in [0.4, 0.5) is 0 Å². The van der Waals surface area contributed by atoms with Gasteiger partial charge in [0.25, 0.3) is 0 Å². The molecule has 0 aliphatic heterocycles. The highest BCUT2D eigenvalue weighted by Gasteiger charge is 2.40. The van der Waals surface area contributed by atoms with Crippen LogP contribution in [0, 0.1) is 17.8 Å². The summed E-state index contributed by atoms with van der Waals surface area (Å²) in [5.41, 5.74) is 0. The first-order chi connectivity index (χ1) is 19.7. The number of carbonyl (C=O) groups is 3. The monoisotopic (exact) mass is 582 g/mol. The van der Waals surface area contributed by atoms with E-state index in [1.54, 1.807) is 0 Å². The minimum absolute atomic E-state index is 0.229. The van der Waals surface area contributed by atoms with Gasteiger partial charge in [-0.2, -0.15) is 0 Å². The van der Waals surface area contributed by atoms with E-state index < -0.39 is 35.7 Å². The average Bonchev–Trinajstić information content (AvgIpc) is 2.94. The lowest BCUT2D eigenvalue weighted by Gasteiger charge is -2.43. The highest BCUT2D eigenvalue weighted by atomic mass is 16.4. The van der Waals surface area contributed by atoms with Gasteiger partial charge in [0, 0.05) is 6.42 Å². The van der Waals surface area contributed by atoms with Gasteiger partial charge in [-0.3, -0.25) is 14.4 Å². The van der Waals surface area contributed by atoms with E-state index in [9.17, 15) is 29.7 Å². The molecular weight excluding hydrogens is 518 g/mol. The first-order valence-electron chi connectivity index (χ1n) is 16.8. The van der Waals surface area contributed by atoms with Gasteiger partial charge in [0.15, 0.2) is 0 Å². The number of rotatable bonds is 29. The molecule has 0 radical (unpaired) electrons. The lowest BCUT2D eigenvalue weighted by Crippen LogP contribution is -2.58. The molecule has 3 atom stereocenters. The number of nitrogens with zero attached hydrogens (tertiary/aromatic N) is 1. The number of allylic oxidation sites excluding steroid dienone is 2. The fourth-order valence-corrected chi connectivity index (χ4v) is 5.93. The van der Waals surface area contributed by atoms with Crippen LogP contribution >= 0.6 is 0 Å². The van der Waals surface area contributed by atoms with Crippen LogP contribution in [0.15, 0.2) is 12.2 Å². The fraction of sp³-hybridized carbons (Fsp3) is 0.853. The lowest BCUT2D eigenvalue weighted by molar-refractivity contribution is -0.935. The fourth-order valence-electron chi connectivity index (χ4n) is 5.93. The number of quaternary nitrogens is 1. The van der Waals surface area contributed by atoms with Crippen LogP contribution in [0.5, 0.6) is 0 Å². The van der Waals surface area contributed by atoms with Crippen LogP contribution in [0.2, 0.25) is 0 Å². The third-order valence-electron chi connectivity index (χ3n) is 8.74. The standard InChI is InChI=1S/C34H63NO6/c1-5-9-10-11-12-13-14-15-16-17-18-19-20-21-22-23-24-25-35(26-29(6-2)32(36)37,27-30(7-3)33(38)39)28-31(8-4)34(40)41/h21-22,29-31H,5-20,23-28H2,1-4H3,(H2-,36,37,38,39,40,41)/p+1/b22-21+. The third-order valence-corrected chi connectivity index (χ3v) is 8.74. The second-order valence-corrected chi connectivity index (χ2v) is 12.2. The lowest BCUT2D eigenvalue weighted by atomic mass is 9.95. The van der Waals surface area contributed by atoms with Crippen molar-refractivity contribution in [1.29, 1.82) is 0 Å². The number of unbranched alkanes of at least 4 members (excludes halogenated alkanes) is 13. The number of carboxylic acid groups (broad SMARTS) is 3. The van der Waals surface area contributed by atoms with Crippen molar-refractivity contribution in [3.05, 3.63) is 12.2 Å². The van der Waals surface area contributed by atoms with E-state index >= 15 is 0 Å². The third kappa shape index (κ3) is 19.0. The van der Waals surface area contributed by atoms with E-state index in [1.807, 2.05) is 20.8 Å². The Balaban J connectivity index is 4.86. The average molecular weight is 583 g/mol. The van der Waals surface area contributed by atoms with E-state index in [0.717, 1.165) is 19.3 Å². The second kappa shape index (κ2) is 24.7. The molecule has 0 heterocycles. The predicted molar refractivity (Wildman–Crippen MR) is 168 cm³/mol. The summed E-state index contributed by atoms with van der Waals surface area (Å²) in [6.45, 7) is 9.12. The first-order valence-corrected chi connectivity index (χ1v) is 16.8. The van der Waals surface area contributed by atoms with Crippen LogP contribution < -0.4 is 0 Å². The van der Waals surface area contributed by atoms with E-state index in [0.29, 0.717) is 25.8 Å². The zero-order chi connectivity index (χ0) is 30.9. The molecule has 0 spiro atoms. The van der Waals surface area contributed by atoms with Crippen molar-refractivity contribution >= 4 is 17.9 Å². The number of hydrogen-bond donors (Lipinski definition) is 3. The minimum atomic E-state index is -0.899. The van der Waals surface area contributed by atoms with Crippen LogP contribution in [-0.2, 0) is 14.4 Å². The Morgan fingerprint density at radius 2 is 0.829 bits per heavy atom. The van der Waals surface area contributed by atoms with Crippen molar-refractivity contribution in [3.8, 4) is 0 Å². The highest BCUT2D eigenvalue weighted by molar-refractivity contribution is 5.71. The molecular formula is C34H64NO6+. The summed E-state index contributed by atoms with van der Waals surface area (Å²) in [5.74, 6) is -4.59. The SMILES string of the molecule is CCCCCCCCCCCCCC/C=C/CCC[N+](CC(CC)C(=O)O)(CC(CC)C(=O)O)CC(CC)C(=O)O. The molecule has 0 aliphatic carbocycles. The van der Waals surface area contributed by atoms with E-state index in [4.69, 9.17) is 0 Å². The predicted octanol–water partition coefficient (Wildman–Crippen LogP) is 8.56. The first kappa shape index (κ1) is 39.1. The maximum atomic E-state index is 12.0. The summed E-state index contributed by atoms with van der Waals surface area (Å²) in [5, 5.41) is 29.4. The topological polar surface area (TPSA) is 112 Å². The maximum Gasteiger partial charge on any atom is 0.312 e. The molecule has 41 heavy (non-hydrogen) atoms. The van der Waals surface area contributed by atoms with Crippen molar-refractivity contribution in [2.24, 2.45) is 17.8 Å². The molecule has 0 aliphatic rings. The van der Waals surface area contributed by atoms with Crippen molar-refractivity contribution < 1.29 is 34.2 Å². The van der Waals surface area contributed by atoms with E-state index in [-0.39, 0.29) is 24.1 Å². The Labute approximate surface area is 251 Å². The van der Waals surface area contributed by atoms with Gasteiger partial charge in [-0.05, 0) is 38.5 Å². The van der Waals surface area contributed by atoms with Gasteiger partial charge in [0.2, 0.25) is 0 Å². The van der Waals surface area contributed by atoms with Gasteiger partial charge in [-0.25, -0.2) is 0 Å². The molecule has 0 saturated carbocycles. The Hall–Kier alpha value is -1.89. The zero-order valence-electron chi connectivity index (χ0n) is 27.0. The van der Waals surface area contributed by atoms with Gasteiger partial charge in [0.05, 0.1) is 26.2 Å². The summed E-state index contributed by atoms with van der Waals surface area (Å²) in [7, 11) is 0. The molecule has 0 aromatic carbocycles. The maximum absolute atomic E-state index is 12.0. The smallest absolute Gasteiger partial charge is 0.312 e. The molecule has 0 amide bonds. The molecule has 240 valence electrons. The molecule has 0 bridgehead atoms. The number of carboxylic acids is 3. The van der Waals surface area contributed by atoms with Crippen LogP contribution in [0.25, 0.3) is 0 Å². The molecule has 0 aromatic rings. The zero-order valence-corrected chi connectivity index (χ0v) is 27.0. The Bertz CT molecular complexity index is 662. The molecule has 3 N–H and O–H groups in total. The molecule has 7 nitrogen and oxygen atoms in total. The van der Waals surface area contributed by atoms with Crippen LogP contribution in [0.1, 0.15) is 143 Å². The van der Waals surface area contributed by atoms with Crippen molar-refractivity contribution in [1.82, 2.24) is 0 Å². The Morgan fingerprint density at radius 1 is 0.512 bits per heavy atom. The van der Waals surface area contributed by atoms with Gasteiger partial charge >= 0.3 is 17.9 Å². The summed E-state index contributed by atoms with van der Waals surface area (Å²) in [4.78, 5) is 35.9. The number of hydrogen-bond acceptors (Lipinski definition) is 3. The largest absolute Gasteiger partial charge is 0.481 e. The van der Waals surface area contributed by atoms with Crippen LogP contribution in [0.3, 0.4) is 0 Å². The summed E-state index contributed by atoms with van der Waals surface area (Å²) < 4.78 is 0.229. The van der Waals surface area contributed by atoms with E-state index in [1.165, 1.54) is 77.0 Å². The highest BCUT2D eigenvalue weighted by Crippen LogP contribution is 2.25. The second-order valence-electron chi connectivity index (χ2n) is 12.2.